The van der Waals surface area contributed by atoms with Gasteiger partial charge in [0.25, 0.3) is 0 Å². The summed E-state index contributed by atoms with van der Waals surface area (Å²) in [6, 6.07) is 5.78. The molecule has 0 aliphatic rings. The summed E-state index contributed by atoms with van der Waals surface area (Å²) >= 11 is 0. The lowest BCUT2D eigenvalue weighted by molar-refractivity contribution is 0.189. The van der Waals surface area contributed by atoms with Gasteiger partial charge in [-0.1, -0.05) is 12.1 Å². The van der Waals surface area contributed by atoms with Crippen molar-refractivity contribution in [3.63, 3.8) is 0 Å². The van der Waals surface area contributed by atoms with Crippen LogP contribution in [0.25, 0.3) is 0 Å². The second kappa shape index (κ2) is 5.84. The van der Waals surface area contributed by atoms with Gasteiger partial charge in [-0.05, 0) is 32.4 Å². The number of ether oxygens (including phenoxy) is 1. The van der Waals surface area contributed by atoms with Gasteiger partial charge in [-0.3, -0.25) is 0 Å². The largest absolute Gasteiger partial charge is 0.485 e. The lowest BCUT2D eigenvalue weighted by Crippen LogP contribution is -2.08. The number of hydrogen-bond donors (Lipinski definition) is 1. The van der Waals surface area contributed by atoms with E-state index in [2.05, 4.69) is 10.1 Å². The van der Waals surface area contributed by atoms with Crippen LogP contribution < -0.4 is 4.74 Å². The van der Waals surface area contributed by atoms with Crippen molar-refractivity contribution in [1.82, 2.24) is 14.8 Å². The Morgan fingerprint density at radius 3 is 2.89 bits per heavy atom. The van der Waals surface area contributed by atoms with Crippen LogP contribution in [0, 0.1) is 6.92 Å². The maximum atomic E-state index is 9.74. The monoisotopic (exact) mass is 261 g/mol. The lowest BCUT2D eigenvalue weighted by atomic mass is 10.1. The first-order valence-corrected chi connectivity index (χ1v) is 6.40. The summed E-state index contributed by atoms with van der Waals surface area (Å²) in [7, 11) is 0. The molecule has 0 amide bonds. The lowest BCUT2D eigenvalue weighted by Gasteiger charge is -2.14. The first-order chi connectivity index (χ1) is 9.11. The molecule has 19 heavy (non-hydrogen) atoms. The first-order valence-electron chi connectivity index (χ1n) is 6.40. The van der Waals surface area contributed by atoms with Gasteiger partial charge in [-0.2, -0.15) is 5.10 Å². The van der Waals surface area contributed by atoms with Crippen LogP contribution in [-0.2, 0) is 13.2 Å². The molecular weight excluding hydrogens is 242 g/mol. The third-order valence-electron chi connectivity index (χ3n) is 2.97. The summed E-state index contributed by atoms with van der Waals surface area (Å²) in [5.41, 5.74) is 1.88. The Balaban J connectivity index is 2.17. The number of benzene rings is 1. The van der Waals surface area contributed by atoms with E-state index in [1.165, 1.54) is 6.33 Å². The summed E-state index contributed by atoms with van der Waals surface area (Å²) in [6.45, 7) is 6.83. The Kier molecular flexibility index (Phi) is 4.16. The predicted molar refractivity (Wildman–Crippen MR) is 71.8 cm³/mol. The Hall–Kier alpha value is -1.88. The van der Waals surface area contributed by atoms with Crippen molar-refractivity contribution >= 4 is 0 Å². The van der Waals surface area contributed by atoms with Crippen LogP contribution in [0.5, 0.6) is 5.75 Å². The summed E-state index contributed by atoms with van der Waals surface area (Å²) in [5.74, 6) is 1.47. The third-order valence-corrected chi connectivity index (χ3v) is 2.97. The molecule has 102 valence electrons. The molecule has 0 bridgehead atoms. The number of aliphatic hydroxyl groups excluding tert-OH is 1. The SMILES string of the molecule is CCn1ncnc1COc1cc(C)ccc1C(C)O. The molecule has 1 aromatic heterocycles. The summed E-state index contributed by atoms with van der Waals surface area (Å²) in [5, 5.41) is 13.8. The normalized spacial score (nSPS) is 12.4. The molecule has 1 aromatic carbocycles. The van der Waals surface area contributed by atoms with Crippen LogP contribution in [0.4, 0.5) is 0 Å². The van der Waals surface area contributed by atoms with Gasteiger partial charge in [0, 0.05) is 12.1 Å². The number of nitrogens with zero attached hydrogens (tertiary/aromatic N) is 3. The van der Waals surface area contributed by atoms with Gasteiger partial charge in [0.05, 0.1) is 6.10 Å². The zero-order valence-electron chi connectivity index (χ0n) is 11.5. The van der Waals surface area contributed by atoms with Gasteiger partial charge in [-0.25, -0.2) is 9.67 Å². The van der Waals surface area contributed by atoms with Crippen LogP contribution in [0.2, 0.25) is 0 Å². The average Bonchev–Trinajstić information content (AvgIpc) is 2.83. The molecule has 1 atom stereocenters. The molecule has 5 nitrogen and oxygen atoms in total. The minimum absolute atomic E-state index is 0.344. The van der Waals surface area contributed by atoms with E-state index in [1.54, 1.807) is 11.6 Å². The molecule has 0 saturated carbocycles. The molecular formula is C14H19N3O2. The Morgan fingerprint density at radius 1 is 1.42 bits per heavy atom. The molecule has 0 aliphatic heterocycles. The molecule has 0 fully saturated rings. The fraction of sp³-hybridized carbons (Fsp3) is 0.429. The van der Waals surface area contributed by atoms with Crippen molar-refractivity contribution in [1.29, 1.82) is 0 Å². The highest BCUT2D eigenvalue weighted by molar-refractivity contribution is 5.38. The topological polar surface area (TPSA) is 60.2 Å². The standard InChI is InChI=1S/C14H19N3O2/c1-4-17-14(15-9-16-17)8-19-13-7-10(2)5-6-12(13)11(3)18/h5-7,9,11,18H,4,8H2,1-3H3. The van der Waals surface area contributed by atoms with Crippen molar-refractivity contribution in [2.24, 2.45) is 0 Å². The van der Waals surface area contributed by atoms with E-state index in [-0.39, 0.29) is 0 Å². The zero-order chi connectivity index (χ0) is 13.8. The Morgan fingerprint density at radius 2 is 2.21 bits per heavy atom. The van der Waals surface area contributed by atoms with Crippen molar-refractivity contribution in [2.75, 3.05) is 0 Å². The van der Waals surface area contributed by atoms with Crippen molar-refractivity contribution in [3.8, 4) is 5.75 Å². The number of hydrogen-bond acceptors (Lipinski definition) is 4. The molecule has 1 unspecified atom stereocenters. The van der Waals surface area contributed by atoms with Gasteiger partial charge in [0.15, 0.2) is 5.82 Å². The van der Waals surface area contributed by atoms with Gasteiger partial charge in [0.2, 0.25) is 0 Å². The minimum atomic E-state index is -0.556. The molecule has 1 N–H and O–H groups in total. The molecule has 1 heterocycles. The highest BCUT2D eigenvalue weighted by atomic mass is 16.5. The van der Waals surface area contributed by atoms with E-state index >= 15 is 0 Å². The van der Waals surface area contributed by atoms with Crippen LogP contribution in [0.1, 0.15) is 36.9 Å². The maximum absolute atomic E-state index is 9.74. The quantitative estimate of drug-likeness (QED) is 0.896. The maximum Gasteiger partial charge on any atom is 0.164 e. The van der Waals surface area contributed by atoms with E-state index in [0.29, 0.717) is 12.4 Å². The van der Waals surface area contributed by atoms with Crippen LogP contribution >= 0.6 is 0 Å². The molecule has 0 radical (unpaired) electrons. The van der Waals surface area contributed by atoms with Crippen molar-refractivity contribution in [3.05, 3.63) is 41.5 Å². The highest BCUT2D eigenvalue weighted by Crippen LogP contribution is 2.26. The minimum Gasteiger partial charge on any atom is -0.485 e. The second-order valence-corrected chi connectivity index (χ2v) is 4.50. The third kappa shape index (κ3) is 3.12. The molecule has 5 heteroatoms. The molecule has 0 aliphatic carbocycles. The van der Waals surface area contributed by atoms with Crippen molar-refractivity contribution in [2.45, 2.75) is 40.0 Å². The number of rotatable bonds is 5. The molecule has 2 rings (SSSR count). The van der Waals surface area contributed by atoms with Crippen molar-refractivity contribution < 1.29 is 9.84 Å². The fourth-order valence-electron chi connectivity index (χ4n) is 1.92. The van der Waals surface area contributed by atoms with E-state index in [0.717, 1.165) is 23.5 Å². The summed E-state index contributed by atoms with van der Waals surface area (Å²) in [6.07, 6.45) is 0.966. The zero-order valence-corrected chi connectivity index (χ0v) is 11.5. The number of aryl methyl sites for hydroxylation is 2. The summed E-state index contributed by atoms with van der Waals surface area (Å²) in [4.78, 5) is 4.16. The molecule has 0 saturated heterocycles. The summed E-state index contributed by atoms with van der Waals surface area (Å²) < 4.78 is 7.57. The van der Waals surface area contributed by atoms with Gasteiger partial charge in [0.1, 0.15) is 18.7 Å². The van der Waals surface area contributed by atoms with E-state index in [1.807, 2.05) is 32.0 Å². The molecule has 0 spiro atoms. The smallest absolute Gasteiger partial charge is 0.164 e. The van der Waals surface area contributed by atoms with E-state index in [4.69, 9.17) is 4.74 Å². The number of aromatic nitrogens is 3. The van der Waals surface area contributed by atoms with Crippen LogP contribution in [0.15, 0.2) is 24.5 Å². The first kappa shape index (κ1) is 13.5. The molecule has 2 aromatic rings. The van der Waals surface area contributed by atoms with E-state index in [9.17, 15) is 5.11 Å². The average molecular weight is 261 g/mol. The van der Waals surface area contributed by atoms with Crippen LogP contribution in [-0.4, -0.2) is 19.9 Å². The van der Waals surface area contributed by atoms with Gasteiger partial charge >= 0.3 is 0 Å². The fourth-order valence-corrected chi connectivity index (χ4v) is 1.92. The second-order valence-electron chi connectivity index (χ2n) is 4.50. The predicted octanol–water partition coefficient (Wildman–Crippen LogP) is 2.24. The van der Waals surface area contributed by atoms with Gasteiger partial charge < -0.3 is 9.84 Å². The van der Waals surface area contributed by atoms with Gasteiger partial charge in [-0.15, -0.1) is 0 Å². The Bertz CT molecular complexity index is 549. The van der Waals surface area contributed by atoms with Crippen LogP contribution in [0.3, 0.4) is 0 Å². The highest BCUT2D eigenvalue weighted by Gasteiger charge is 2.11. The number of aliphatic hydroxyl groups is 1. The van der Waals surface area contributed by atoms with E-state index < -0.39 is 6.10 Å². The Labute approximate surface area is 112 Å².